The first-order chi connectivity index (χ1) is 9.66. The highest BCUT2D eigenvalue weighted by molar-refractivity contribution is 5.74. The second kappa shape index (κ2) is 6.65. The summed E-state index contributed by atoms with van der Waals surface area (Å²) in [5.74, 6) is 0.174. The molecule has 0 saturated carbocycles. The number of nitrogen functional groups attached to an aromatic ring is 1. The van der Waals surface area contributed by atoms with Gasteiger partial charge in [-0.2, -0.15) is 0 Å². The van der Waals surface area contributed by atoms with E-state index in [0.717, 1.165) is 17.7 Å². The molecule has 0 bridgehead atoms. The summed E-state index contributed by atoms with van der Waals surface area (Å²) in [4.78, 5) is 11.7. The van der Waals surface area contributed by atoms with E-state index in [9.17, 15) is 4.79 Å². The van der Waals surface area contributed by atoms with E-state index in [4.69, 9.17) is 11.5 Å². The van der Waals surface area contributed by atoms with Gasteiger partial charge in [0.15, 0.2) is 0 Å². The maximum atomic E-state index is 11.7. The zero-order valence-corrected chi connectivity index (χ0v) is 11.3. The molecular formula is C15H20N4O. The highest BCUT2D eigenvalue weighted by Gasteiger charge is 2.13. The van der Waals surface area contributed by atoms with Gasteiger partial charge in [-0.25, -0.2) is 4.79 Å². The first-order valence-electron chi connectivity index (χ1n) is 6.64. The first-order valence-corrected chi connectivity index (χ1v) is 6.64. The molecule has 0 saturated heterocycles. The van der Waals surface area contributed by atoms with Crippen LogP contribution in [0.2, 0.25) is 0 Å². The number of urea groups is 1. The fraction of sp³-hybridized carbons (Fsp3) is 0.267. The molecule has 0 spiro atoms. The average molecular weight is 272 g/mol. The van der Waals surface area contributed by atoms with Crippen molar-refractivity contribution in [3.05, 3.63) is 53.8 Å². The summed E-state index contributed by atoms with van der Waals surface area (Å²) < 4.78 is 0. The number of para-hydroxylation sites is 1. The van der Waals surface area contributed by atoms with Crippen molar-refractivity contribution in [3.63, 3.8) is 0 Å². The number of nitrogens with two attached hydrogens (primary N) is 2. The Bertz CT molecular complexity index is 536. The van der Waals surface area contributed by atoms with Crippen molar-refractivity contribution in [1.82, 2.24) is 10.6 Å². The summed E-state index contributed by atoms with van der Waals surface area (Å²) in [7, 11) is 0. The second-order valence-electron chi connectivity index (χ2n) is 4.79. The van der Waals surface area contributed by atoms with Gasteiger partial charge < -0.3 is 22.1 Å². The molecular weight excluding hydrogens is 252 g/mol. The summed E-state index contributed by atoms with van der Waals surface area (Å²) in [6, 6.07) is 7.25. The molecule has 1 aromatic carbocycles. The lowest BCUT2D eigenvalue weighted by Gasteiger charge is -2.19. The van der Waals surface area contributed by atoms with E-state index in [1.54, 1.807) is 0 Å². The molecule has 0 heterocycles. The standard InChI is InChI=1S/C15H20N4O/c16-13-7-3-1-5-11(13)9-18-15(20)19-10-12-6-2-4-8-14(12)17/h1-5,7-8,12H,6,9-10,16-17H2,(H2,18,19,20). The molecule has 106 valence electrons. The number of nitrogens with one attached hydrogen (secondary N) is 2. The van der Waals surface area contributed by atoms with Crippen LogP contribution >= 0.6 is 0 Å². The van der Waals surface area contributed by atoms with Gasteiger partial charge in [-0.05, 0) is 24.1 Å². The number of carbonyl (C=O) groups is 1. The molecule has 1 aromatic rings. The number of benzene rings is 1. The van der Waals surface area contributed by atoms with Crippen LogP contribution in [0.25, 0.3) is 0 Å². The molecule has 2 amide bonds. The SMILES string of the molecule is NC1=CC=CCC1CNC(=O)NCc1ccccc1N. The molecule has 5 heteroatoms. The Morgan fingerprint density at radius 2 is 2.05 bits per heavy atom. The number of rotatable bonds is 4. The Morgan fingerprint density at radius 1 is 1.25 bits per heavy atom. The summed E-state index contributed by atoms with van der Waals surface area (Å²) in [6.07, 6.45) is 6.71. The highest BCUT2D eigenvalue weighted by Crippen LogP contribution is 2.15. The van der Waals surface area contributed by atoms with Gasteiger partial charge >= 0.3 is 6.03 Å². The van der Waals surface area contributed by atoms with Crippen LogP contribution in [0.5, 0.6) is 0 Å². The van der Waals surface area contributed by atoms with Gasteiger partial charge in [0.2, 0.25) is 0 Å². The van der Waals surface area contributed by atoms with Crippen molar-refractivity contribution in [3.8, 4) is 0 Å². The smallest absolute Gasteiger partial charge is 0.315 e. The summed E-state index contributed by atoms with van der Waals surface area (Å²) in [5.41, 5.74) is 14.1. The summed E-state index contributed by atoms with van der Waals surface area (Å²) in [6.45, 7) is 0.942. The largest absolute Gasteiger partial charge is 0.402 e. The van der Waals surface area contributed by atoms with Crippen LogP contribution in [-0.4, -0.2) is 12.6 Å². The third-order valence-corrected chi connectivity index (χ3v) is 3.32. The van der Waals surface area contributed by atoms with Crippen LogP contribution in [0.15, 0.2) is 48.2 Å². The van der Waals surface area contributed by atoms with Crippen molar-refractivity contribution in [2.24, 2.45) is 11.7 Å². The van der Waals surface area contributed by atoms with E-state index in [1.165, 1.54) is 0 Å². The molecule has 1 aliphatic rings. The zero-order valence-electron chi connectivity index (χ0n) is 11.3. The minimum atomic E-state index is -0.212. The number of amides is 2. The molecule has 1 atom stereocenters. The predicted octanol–water partition coefficient (Wildman–Crippen LogP) is 1.49. The third kappa shape index (κ3) is 3.78. The molecule has 0 aliphatic heterocycles. The lowest BCUT2D eigenvalue weighted by Crippen LogP contribution is -2.39. The van der Waals surface area contributed by atoms with E-state index in [-0.39, 0.29) is 11.9 Å². The molecule has 0 radical (unpaired) electrons. The number of anilines is 1. The van der Waals surface area contributed by atoms with Gasteiger partial charge in [0.25, 0.3) is 0 Å². The van der Waals surface area contributed by atoms with Crippen LogP contribution in [0.1, 0.15) is 12.0 Å². The van der Waals surface area contributed by atoms with Gasteiger partial charge in [-0.3, -0.25) is 0 Å². The molecule has 20 heavy (non-hydrogen) atoms. The number of hydrogen-bond donors (Lipinski definition) is 4. The Morgan fingerprint density at radius 3 is 2.80 bits per heavy atom. The van der Waals surface area contributed by atoms with Gasteiger partial charge in [0, 0.05) is 30.4 Å². The van der Waals surface area contributed by atoms with Gasteiger partial charge in [0.1, 0.15) is 0 Å². The van der Waals surface area contributed by atoms with Gasteiger partial charge in [-0.15, -0.1) is 0 Å². The molecule has 0 fully saturated rings. The van der Waals surface area contributed by atoms with E-state index >= 15 is 0 Å². The second-order valence-corrected chi connectivity index (χ2v) is 4.79. The number of allylic oxidation sites excluding steroid dienone is 3. The number of carbonyl (C=O) groups excluding carboxylic acids is 1. The predicted molar refractivity (Wildman–Crippen MR) is 80.6 cm³/mol. The lowest BCUT2D eigenvalue weighted by atomic mass is 9.97. The van der Waals surface area contributed by atoms with Crippen molar-refractivity contribution in [2.45, 2.75) is 13.0 Å². The Hall–Kier alpha value is -2.43. The van der Waals surface area contributed by atoms with Crippen LogP contribution in [0.3, 0.4) is 0 Å². The van der Waals surface area contributed by atoms with Crippen LogP contribution < -0.4 is 22.1 Å². The van der Waals surface area contributed by atoms with Crippen LogP contribution in [0, 0.1) is 5.92 Å². The van der Waals surface area contributed by atoms with Crippen LogP contribution in [-0.2, 0) is 6.54 Å². The molecule has 1 unspecified atom stereocenters. The van der Waals surface area contributed by atoms with Gasteiger partial charge in [0.05, 0.1) is 0 Å². The molecule has 0 aromatic heterocycles. The van der Waals surface area contributed by atoms with Crippen molar-refractivity contribution < 1.29 is 4.79 Å². The Kier molecular flexibility index (Phi) is 4.65. The third-order valence-electron chi connectivity index (χ3n) is 3.32. The lowest BCUT2D eigenvalue weighted by molar-refractivity contribution is 0.239. The molecule has 1 aliphatic carbocycles. The maximum absolute atomic E-state index is 11.7. The van der Waals surface area contributed by atoms with Gasteiger partial charge in [-0.1, -0.05) is 30.4 Å². The Balaban J connectivity index is 1.75. The summed E-state index contributed by atoms with van der Waals surface area (Å²) in [5, 5.41) is 5.61. The fourth-order valence-electron chi connectivity index (χ4n) is 2.04. The van der Waals surface area contributed by atoms with E-state index in [0.29, 0.717) is 18.8 Å². The number of hydrogen-bond acceptors (Lipinski definition) is 3. The minimum absolute atomic E-state index is 0.174. The van der Waals surface area contributed by atoms with Crippen molar-refractivity contribution in [2.75, 3.05) is 12.3 Å². The van der Waals surface area contributed by atoms with Crippen molar-refractivity contribution in [1.29, 1.82) is 0 Å². The first kappa shape index (κ1) is 14.0. The van der Waals surface area contributed by atoms with Crippen LogP contribution in [0.4, 0.5) is 10.5 Å². The monoisotopic (exact) mass is 272 g/mol. The van der Waals surface area contributed by atoms with E-state index in [2.05, 4.69) is 10.6 Å². The minimum Gasteiger partial charge on any atom is -0.402 e. The quantitative estimate of drug-likeness (QED) is 0.626. The summed E-state index contributed by atoms with van der Waals surface area (Å²) >= 11 is 0. The topological polar surface area (TPSA) is 93.2 Å². The molecule has 5 nitrogen and oxygen atoms in total. The molecule has 6 N–H and O–H groups in total. The van der Waals surface area contributed by atoms with E-state index < -0.39 is 0 Å². The van der Waals surface area contributed by atoms with Crippen molar-refractivity contribution >= 4 is 11.7 Å². The Labute approximate surface area is 118 Å². The zero-order chi connectivity index (χ0) is 14.4. The normalized spacial score (nSPS) is 17.4. The maximum Gasteiger partial charge on any atom is 0.315 e. The highest BCUT2D eigenvalue weighted by atomic mass is 16.2. The molecule has 2 rings (SSSR count). The van der Waals surface area contributed by atoms with E-state index in [1.807, 2.05) is 42.5 Å². The fourth-order valence-corrected chi connectivity index (χ4v) is 2.04. The average Bonchev–Trinajstić information content (AvgIpc) is 2.45.